The Morgan fingerprint density at radius 1 is 1.13 bits per heavy atom. The lowest BCUT2D eigenvalue weighted by Gasteiger charge is -2.19. The molecule has 1 aliphatic heterocycles. The number of ether oxygens (including phenoxy) is 1. The van der Waals surface area contributed by atoms with E-state index in [2.05, 4.69) is 25.0 Å². The number of nitrogens with one attached hydrogen (secondary N) is 1. The summed E-state index contributed by atoms with van der Waals surface area (Å²) in [5.74, 6) is 4.97. The monoisotopic (exact) mass is 635 g/mol. The van der Waals surface area contributed by atoms with Crippen LogP contribution >= 0.6 is 31.1 Å². The highest BCUT2D eigenvalue weighted by Crippen LogP contribution is 2.66. The normalized spacial score (nSPS) is 23.5. The Hall–Kier alpha value is -1.32. The smallest absolute Gasteiger partial charge is 0.390 e. The number of aromatic nitrogens is 2. The molecule has 0 aliphatic carbocycles. The molecule has 0 bridgehead atoms. The second kappa shape index (κ2) is 13.4. The summed E-state index contributed by atoms with van der Waals surface area (Å²) in [5.41, 5.74) is -2.06. The minimum absolute atomic E-state index is 0.0327. The molecule has 2 rings (SSSR count). The first-order chi connectivity index (χ1) is 18.2. The minimum atomic E-state index is -5.75. The van der Waals surface area contributed by atoms with E-state index in [0.29, 0.717) is 0 Å². The molecule has 1 fully saturated rings. The van der Waals surface area contributed by atoms with Crippen molar-refractivity contribution < 1.29 is 73.4 Å². The summed E-state index contributed by atoms with van der Waals surface area (Å²) >= 11 is 0. The van der Waals surface area contributed by atoms with E-state index < -0.39 is 73.5 Å². The van der Waals surface area contributed by atoms with Gasteiger partial charge in [0.2, 0.25) is 0 Å². The number of aliphatic hydroxyl groups excluding tert-OH is 1. The third-order valence-corrected chi connectivity index (χ3v) is 8.98. The molecule has 1 saturated heterocycles. The van der Waals surface area contributed by atoms with E-state index in [0.717, 1.165) is 10.8 Å². The summed E-state index contributed by atoms with van der Waals surface area (Å²) in [4.78, 5) is 79.5. The van der Waals surface area contributed by atoms with Crippen molar-refractivity contribution in [2.75, 3.05) is 12.8 Å². The standard InChI is InChI=1S/C14H22N2O17P4.H3N/c17-10-6-12(31-11(10)8-30-36(26,27)33-37(28,29)32-35(23,24)25)16-7-9(13(18)15-14(16)19)4-2-1-3-5-34(20,21)22;/h7,10-12,17H,1,3,5-6,8H2,(H,26,27)(H,28,29)(H,15,18,19)(H2,20,21,22)(H2,23,24,25);1H3/i/hT2. The molecule has 0 radical (unpaired) electrons. The van der Waals surface area contributed by atoms with Crippen LogP contribution in [0.15, 0.2) is 15.8 Å². The van der Waals surface area contributed by atoms with Gasteiger partial charge in [-0.15, -0.1) is 0 Å². The maximum Gasteiger partial charge on any atom is 0.490 e. The quantitative estimate of drug-likeness (QED) is 0.0799. The highest BCUT2D eigenvalue weighted by atomic mass is 31.3. The van der Waals surface area contributed by atoms with Gasteiger partial charge in [0.25, 0.3) is 5.56 Å². The predicted molar refractivity (Wildman–Crippen MR) is 124 cm³/mol. The number of phosphoric acid groups is 3. The Kier molecular flexibility index (Phi) is 11.0. The van der Waals surface area contributed by atoms with Gasteiger partial charge in [-0.3, -0.25) is 23.4 Å². The topological polar surface area (TPSA) is 337 Å². The average molecular weight is 635 g/mol. The molecule has 0 amide bonds. The van der Waals surface area contributed by atoms with Crippen molar-refractivity contribution in [3.63, 3.8) is 0 Å². The lowest BCUT2D eigenvalue weighted by molar-refractivity contribution is -0.0450. The molecule has 20 nitrogen and oxygen atoms in total. The Labute approximate surface area is 215 Å². The number of phosphoric ester groups is 1. The SMILES string of the molecule is O=c1[nH]c(=O)n(C2CC(O)C(COP(=O)(O)OP(=O)(O)OP(=O)(O)O)O2)cc1C#CCCCP(=O)(O)O.[3H]N[3H]. The van der Waals surface area contributed by atoms with Crippen LogP contribution in [0.25, 0.3) is 0 Å². The summed E-state index contributed by atoms with van der Waals surface area (Å²) in [6, 6.07) is 0. The molecule has 218 valence electrons. The van der Waals surface area contributed by atoms with Crippen LogP contribution < -0.4 is 17.4 Å². The third-order valence-electron chi connectivity index (χ3n) is 4.27. The fourth-order valence-electron chi connectivity index (χ4n) is 2.83. The fourth-order valence-corrected chi connectivity index (χ4v) is 6.43. The number of rotatable bonds is 11. The zero-order valence-corrected chi connectivity index (χ0v) is 22.4. The van der Waals surface area contributed by atoms with Crippen molar-refractivity contribution in [3.8, 4) is 11.8 Å². The third kappa shape index (κ3) is 11.8. The second-order valence-corrected chi connectivity index (χ2v) is 13.5. The van der Waals surface area contributed by atoms with E-state index in [1.165, 1.54) is 6.14 Å². The first kappa shape index (κ1) is 31.2. The van der Waals surface area contributed by atoms with Gasteiger partial charge in [-0.2, -0.15) is 8.62 Å². The molecule has 1 aliphatic rings. The van der Waals surface area contributed by atoms with Crippen molar-refractivity contribution in [3.05, 3.63) is 32.6 Å². The predicted octanol–water partition coefficient (Wildman–Crippen LogP) is -1.00. The molecule has 1 aromatic rings. The molecule has 0 saturated carbocycles. The Morgan fingerprint density at radius 2 is 1.76 bits per heavy atom. The Balaban J connectivity index is 0.00000254. The van der Waals surface area contributed by atoms with E-state index in [1.807, 2.05) is 4.98 Å². The lowest BCUT2D eigenvalue weighted by atomic mass is 10.2. The minimum Gasteiger partial charge on any atom is -0.390 e. The van der Waals surface area contributed by atoms with Crippen LogP contribution in [0.3, 0.4) is 0 Å². The highest BCUT2D eigenvalue weighted by molar-refractivity contribution is 7.66. The zero-order chi connectivity index (χ0) is 30.9. The van der Waals surface area contributed by atoms with Gasteiger partial charge in [0.05, 0.1) is 18.9 Å². The summed E-state index contributed by atoms with van der Waals surface area (Å²) in [7, 11) is -21.0. The number of unbranched alkanes of at least 4 members (excludes halogenated alkanes) is 1. The largest absolute Gasteiger partial charge is 0.490 e. The maximum absolute atomic E-state index is 12.2. The molecule has 5 unspecified atom stereocenters. The summed E-state index contributed by atoms with van der Waals surface area (Å²) in [5, 5.41) is 10.2. The molecular formula is C14H25N3O17P4. The number of aliphatic hydroxyl groups is 1. The van der Waals surface area contributed by atoms with Crippen LogP contribution in [0.2, 0.25) is 2.82 Å². The van der Waals surface area contributed by atoms with Crippen LogP contribution in [-0.2, 0) is 36.1 Å². The van der Waals surface area contributed by atoms with Gasteiger partial charge in [-0.25, -0.2) is 18.5 Å². The van der Waals surface area contributed by atoms with Gasteiger partial charge < -0.3 is 45.3 Å². The Morgan fingerprint density at radius 3 is 2.34 bits per heavy atom. The van der Waals surface area contributed by atoms with E-state index in [-0.39, 0.29) is 24.8 Å². The van der Waals surface area contributed by atoms with E-state index in [1.54, 1.807) is 0 Å². The number of hydrogen-bond donors (Lipinski definition) is 9. The molecule has 5 atom stereocenters. The van der Waals surface area contributed by atoms with Gasteiger partial charge in [0.1, 0.15) is 20.7 Å². The zero-order valence-electron chi connectivity index (χ0n) is 20.8. The van der Waals surface area contributed by atoms with Crippen LogP contribution in [-0.4, -0.2) is 69.0 Å². The summed E-state index contributed by atoms with van der Waals surface area (Å²) < 4.78 is 73.6. The second-order valence-electron chi connectivity index (χ2n) is 7.32. The molecule has 24 heteroatoms. The van der Waals surface area contributed by atoms with Crippen molar-refractivity contribution in [2.45, 2.75) is 37.7 Å². The molecule has 1 aromatic heterocycles. The molecule has 0 aromatic carbocycles. The lowest BCUT2D eigenvalue weighted by Crippen LogP contribution is -2.33. The molecular weight excluding hydrogens is 606 g/mol. The van der Waals surface area contributed by atoms with Crippen LogP contribution in [0, 0.1) is 11.8 Å². The highest BCUT2D eigenvalue weighted by Gasteiger charge is 2.43. The fraction of sp³-hybridized carbons (Fsp3) is 0.571. The number of aromatic amines is 1. The van der Waals surface area contributed by atoms with Crippen molar-refractivity contribution in [1.29, 1.82) is 0 Å². The van der Waals surface area contributed by atoms with Crippen molar-refractivity contribution in [1.82, 2.24) is 15.7 Å². The van der Waals surface area contributed by atoms with Crippen molar-refractivity contribution in [2.24, 2.45) is 0 Å². The number of nitrogens with zero attached hydrogens (tertiary/aromatic N) is 1. The van der Waals surface area contributed by atoms with Gasteiger partial charge >= 0.3 is 36.8 Å². The van der Waals surface area contributed by atoms with Crippen LogP contribution in [0.1, 0.15) is 31.1 Å². The van der Waals surface area contributed by atoms with E-state index in [9.17, 15) is 37.8 Å². The van der Waals surface area contributed by atoms with Crippen molar-refractivity contribution >= 4 is 31.1 Å². The van der Waals surface area contributed by atoms with E-state index >= 15 is 0 Å². The van der Waals surface area contributed by atoms with Gasteiger partial charge in [0, 0.05) is 19.0 Å². The first-order valence-corrected chi connectivity index (χ1v) is 16.1. The summed E-state index contributed by atoms with van der Waals surface area (Å²) in [6.45, 7) is -0.967. The van der Waals surface area contributed by atoms with Gasteiger partial charge in [-0.05, 0) is 6.42 Å². The summed E-state index contributed by atoms with van der Waals surface area (Å²) in [6.07, 6.45) is -2.48. The van der Waals surface area contributed by atoms with Crippen LogP contribution in [0.4, 0.5) is 0 Å². The molecule has 2 heterocycles. The Bertz CT molecular complexity index is 1380. The van der Waals surface area contributed by atoms with E-state index in [4.69, 9.17) is 32.0 Å². The van der Waals surface area contributed by atoms with Gasteiger partial charge in [0.15, 0.2) is 0 Å². The first-order valence-electron chi connectivity index (χ1n) is 10.8. The van der Waals surface area contributed by atoms with Crippen LogP contribution in [0.5, 0.6) is 0 Å². The molecule has 0 spiro atoms. The molecule has 38 heavy (non-hydrogen) atoms. The number of hydrogen-bond acceptors (Lipinski definition) is 12. The average Bonchev–Trinajstić information content (AvgIpc) is 3.11. The van der Waals surface area contributed by atoms with Gasteiger partial charge in [-0.1, -0.05) is 11.8 Å². The number of H-pyrrole nitrogens is 1. The maximum atomic E-state index is 12.2. The molecule has 11 N–H and O–H groups in total.